The van der Waals surface area contributed by atoms with Gasteiger partial charge in [-0.25, -0.2) is 9.37 Å². The fourth-order valence-electron chi connectivity index (χ4n) is 4.03. The number of aryl methyl sites for hydroxylation is 1. The van der Waals surface area contributed by atoms with Gasteiger partial charge in [-0.15, -0.1) is 24.8 Å². The SMILES string of the molecule is Cc1cn(Cc2ccc(F)cc2)c(CC(=O)Nc2ccc(CCNCC(O)c3ccccc3)cc2)n1.Cl.Cl. The van der Waals surface area contributed by atoms with Crippen LogP contribution in [0.4, 0.5) is 10.1 Å². The monoisotopic (exact) mass is 558 g/mol. The molecule has 1 heterocycles. The van der Waals surface area contributed by atoms with Crippen molar-refractivity contribution in [3.05, 3.63) is 119 Å². The maximum Gasteiger partial charge on any atom is 0.231 e. The van der Waals surface area contributed by atoms with Gasteiger partial charge in [0.05, 0.1) is 18.2 Å². The average molecular weight is 560 g/mol. The lowest BCUT2D eigenvalue weighted by Crippen LogP contribution is -2.23. The lowest BCUT2D eigenvalue weighted by Gasteiger charge is -2.12. The summed E-state index contributed by atoms with van der Waals surface area (Å²) in [6, 6.07) is 23.7. The lowest BCUT2D eigenvalue weighted by atomic mass is 10.1. The van der Waals surface area contributed by atoms with E-state index in [1.165, 1.54) is 12.1 Å². The van der Waals surface area contributed by atoms with E-state index in [0.717, 1.165) is 41.0 Å². The second-order valence-electron chi connectivity index (χ2n) is 8.86. The Kier molecular flexibility index (Phi) is 12.4. The van der Waals surface area contributed by atoms with Crippen LogP contribution >= 0.6 is 24.8 Å². The van der Waals surface area contributed by atoms with Crippen LogP contribution in [0.3, 0.4) is 0 Å². The number of amides is 1. The van der Waals surface area contributed by atoms with Gasteiger partial charge in [-0.1, -0.05) is 54.6 Å². The number of benzene rings is 3. The number of halogens is 3. The minimum Gasteiger partial charge on any atom is -0.387 e. The Hall–Kier alpha value is -3.23. The number of aromatic nitrogens is 2. The smallest absolute Gasteiger partial charge is 0.231 e. The Morgan fingerprint density at radius 1 is 0.974 bits per heavy atom. The lowest BCUT2D eigenvalue weighted by molar-refractivity contribution is -0.115. The summed E-state index contributed by atoms with van der Waals surface area (Å²) in [5, 5.41) is 16.4. The average Bonchev–Trinajstić information content (AvgIpc) is 3.22. The van der Waals surface area contributed by atoms with E-state index in [1.807, 2.05) is 72.3 Å². The van der Waals surface area contributed by atoms with Crippen molar-refractivity contribution in [2.45, 2.75) is 32.4 Å². The number of aliphatic hydroxyl groups excluding tert-OH is 1. The van der Waals surface area contributed by atoms with Gasteiger partial charge in [-0.05, 0) is 60.8 Å². The minimum atomic E-state index is -0.529. The molecule has 0 radical (unpaired) electrons. The van der Waals surface area contributed by atoms with Crippen molar-refractivity contribution >= 4 is 36.4 Å². The Bertz CT molecular complexity index is 1270. The van der Waals surface area contributed by atoms with Crippen LogP contribution in [0.2, 0.25) is 0 Å². The molecule has 0 aliphatic heterocycles. The van der Waals surface area contributed by atoms with Gasteiger partial charge < -0.3 is 20.3 Å². The molecule has 3 aromatic carbocycles. The van der Waals surface area contributed by atoms with Gasteiger partial charge in [0.25, 0.3) is 0 Å². The molecule has 9 heteroatoms. The maximum absolute atomic E-state index is 13.2. The molecular weight excluding hydrogens is 526 g/mol. The van der Waals surface area contributed by atoms with E-state index in [1.54, 1.807) is 12.1 Å². The molecule has 0 fully saturated rings. The fourth-order valence-corrected chi connectivity index (χ4v) is 4.03. The number of aliphatic hydroxyl groups is 1. The van der Waals surface area contributed by atoms with Crippen molar-refractivity contribution in [3.63, 3.8) is 0 Å². The zero-order chi connectivity index (χ0) is 25.3. The molecule has 0 aliphatic rings. The Labute approximate surface area is 235 Å². The Morgan fingerprint density at radius 2 is 1.63 bits per heavy atom. The molecule has 0 saturated heterocycles. The summed E-state index contributed by atoms with van der Waals surface area (Å²) in [6.45, 7) is 3.65. The number of rotatable bonds is 11. The van der Waals surface area contributed by atoms with Gasteiger partial charge in [0.2, 0.25) is 5.91 Å². The largest absolute Gasteiger partial charge is 0.387 e. The van der Waals surface area contributed by atoms with Crippen LogP contribution in [0.5, 0.6) is 0 Å². The summed E-state index contributed by atoms with van der Waals surface area (Å²) in [7, 11) is 0. The summed E-state index contributed by atoms with van der Waals surface area (Å²) in [6.07, 6.45) is 2.33. The van der Waals surface area contributed by atoms with Gasteiger partial charge in [0.15, 0.2) is 0 Å². The Morgan fingerprint density at radius 3 is 2.32 bits per heavy atom. The first-order valence-electron chi connectivity index (χ1n) is 12.1. The molecule has 3 N–H and O–H groups in total. The summed E-state index contributed by atoms with van der Waals surface area (Å²) < 4.78 is 15.1. The molecule has 1 aromatic heterocycles. The topological polar surface area (TPSA) is 79.2 Å². The number of nitrogens with zero attached hydrogens (tertiary/aromatic N) is 2. The van der Waals surface area contributed by atoms with Crippen molar-refractivity contribution in [3.8, 4) is 0 Å². The first kappa shape index (κ1) is 31.0. The third-order valence-corrected chi connectivity index (χ3v) is 5.91. The van der Waals surface area contributed by atoms with E-state index in [-0.39, 0.29) is 43.0 Å². The third-order valence-electron chi connectivity index (χ3n) is 5.91. The van der Waals surface area contributed by atoms with Crippen molar-refractivity contribution in [2.75, 3.05) is 18.4 Å². The van der Waals surface area contributed by atoms with Crippen molar-refractivity contribution < 1.29 is 14.3 Å². The molecule has 4 rings (SSSR count). The van der Waals surface area contributed by atoms with Crippen molar-refractivity contribution in [2.24, 2.45) is 0 Å². The van der Waals surface area contributed by atoms with Crippen LogP contribution in [0.1, 0.15) is 34.3 Å². The van der Waals surface area contributed by atoms with Crippen molar-refractivity contribution in [1.29, 1.82) is 0 Å². The van der Waals surface area contributed by atoms with Gasteiger partial charge >= 0.3 is 0 Å². The number of hydrogen-bond acceptors (Lipinski definition) is 4. The first-order valence-corrected chi connectivity index (χ1v) is 12.1. The molecule has 1 amide bonds. The molecule has 1 atom stereocenters. The quantitative estimate of drug-likeness (QED) is 0.219. The zero-order valence-corrected chi connectivity index (χ0v) is 22.8. The summed E-state index contributed by atoms with van der Waals surface area (Å²) >= 11 is 0. The molecule has 4 aromatic rings. The number of hydrogen-bond donors (Lipinski definition) is 3. The maximum atomic E-state index is 13.2. The van der Waals surface area contributed by atoms with E-state index in [2.05, 4.69) is 15.6 Å². The van der Waals surface area contributed by atoms with Crippen LogP contribution in [-0.2, 0) is 24.2 Å². The second kappa shape index (κ2) is 15.2. The van der Waals surface area contributed by atoms with E-state index in [0.29, 0.717) is 18.9 Å². The van der Waals surface area contributed by atoms with E-state index < -0.39 is 6.10 Å². The highest BCUT2D eigenvalue weighted by atomic mass is 35.5. The summed E-state index contributed by atoms with van der Waals surface area (Å²) in [5.41, 5.74) is 4.53. The molecule has 6 nitrogen and oxygen atoms in total. The van der Waals surface area contributed by atoms with E-state index in [9.17, 15) is 14.3 Å². The molecule has 1 unspecified atom stereocenters. The van der Waals surface area contributed by atoms with Gasteiger partial charge in [0.1, 0.15) is 11.6 Å². The predicted molar refractivity (Wildman–Crippen MR) is 154 cm³/mol. The second-order valence-corrected chi connectivity index (χ2v) is 8.86. The summed E-state index contributed by atoms with van der Waals surface area (Å²) in [4.78, 5) is 17.2. The normalized spacial score (nSPS) is 11.2. The molecule has 202 valence electrons. The van der Waals surface area contributed by atoms with Crippen LogP contribution < -0.4 is 10.6 Å². The molecule has 38 heavy (non-hydrogen) atoms. The Balaban J connectivity index is 0.00000253. The predicted octanol–water partition coefficient (Wildman–Crippen LogP) is 5.27. The number of nitrogens with one attached hydrogen (secondary N) is 2. The van der Waals surface area contributed by atoms with Crippen LogP contribution in [0.15, 0.2) is 85.1 Å². The summed E-state index contributed by atoms with van der Waals surface area (Å²) in [5.74, 6) is 0.240. The standard InChI is InChI=1S/C29H31FN4O2.2ClH/c1-21-19-34(20-23-7-11-25(30)12-8-23)28(32-21)17-29(36)33-26-13-9-22(10-14-26)15-16-31-18-27(35)24-5-3-2-4-6-24;;/h2-14,19,27,31,35H,15-18,20H2,1H3,(H,33,36);2*1H. The van der Waals surface area contributed by atoms with Crippen molar-refractivity contribution in [1.82, 2.24) is 14.9 Å². The first-order chi connectivity index (χ1) is 17.5. The molecular formula is C29H33Cl2FN4O2. The zero-order valence-electron chi connectivity index (χ0n) is 21.1. The minimum absolute atomic E-state index is 0. The van der Waals surface area contributed by atoms with Gasteiger partial charge in [0, 0.05) is 25.0 Å². The number of carbonyl (C=O) groups excluding carboxylic acids is 1. The highest BCUT2D eigenvalue weighted by Gasteiger charge is 2.12. The van der Waals surface area contributed by atoms with Crippen LogP contribution in [0, 0.1) is 12.7 Å². The van der Waals surface area contributed by atoms with Gasteiger partial charge in [-0.3, -0.25) is 4.79 Å². The number of carbonyl (C=O) groups is 1. The number of anilines is 1. The highest BCUT2D eigenvalue weighted by Crippen LogP contribution is 2.14. The van der Waals surface area contributed by atoms with E-state index in [4.69, 9.17) is 0 Å². The number of imidazole rings is 1. The molecule has 0 bridgehead atoms. The highest BCUT2D eigenvalue weighted by molar-refractivity contribution is 5.91. The fraction of sp³-hybridized carbons (Fsp3) is 0.241. The molecule has 0 spiro atoms. The van der Waals surface area contributed by atoms with E-state index >= 15 is 0 Å². The van der Waals surface area contributed by atoms with Gasteiger partial charge in [-0.2, -0.15) is 0 Å². The molecule has 0 saturated carbocycles. The van der Waals surface area contributed by atoms with Crippen LogP contribution in [-0.4, -0.2) is 33.7 Å². The molecule has 0 aliphatic carbocycles. The third kappa shape index (κ3) is 9.26. The van der Waals surface area contributed by atoms with Crippen LogP contribution in [0.25, 0.3) is 0 Å².